The molecular weight excluding hydrogens is 568 g/mol. The highest BCUT2D eigenvalue weighted by molar-refractivity contribution is 5.92. The number of unbranched alkanes of at least 4 members (excludes halogenated alkanes) is 1. The third-order valence-electron chi connectivity index (χ3n) is 6.30. The summed E-state index contributed by atoms with van der Waals surface area (Å²) in [6.45, 7) is 5.12. The van der Waals surface area contributed by atoms with Crippen LogP contribution in [0, 0.1) is 0 Å². The Kier molecular flexibility index (Phi) is 10.8. The zero-order valence-corrected chi connectivity index (χ0v) is 23.3. The summed E-state index contributed by atoms with van der Waals surface area (Å²) >= 11 is 0. The molecule has 2 heterocycles. The molecule has 0 N–H and O–H groups in total. The Hall–Kier alpha value is -4.75. The highest BCUT2D eigenvalue weighted by atomic mass is 16.7. The fourth-order valence-electron chi connectivity index (χ4n) is 4.25. The van der Waals surface area contributed by atoms with Crippen LogP contribution < -0.4 is 9.47 Å². The Morgan fingerprint density at radius 3 is 1.81 bits per heavy atom. The van der Waals surface area contributed by atoms with Crippen LogP contribution in [0.1, 0.15) is 40.5 Å². The minimum Gasteiger partial charge on any atom is -0.463 e. The van der Waals surface area contributed by atoms with Gasteiger partial charge in [0.25, 0.3) is 0 Å². The number of esters is 4. The molecule has 2 aromatic rings. The van der Waals surface area contributed by atoms with Crippen LogP contribution in [0.2, 0.25) is 0 Å². The van der Waals surface area contributed by atoms with E-state index < -0.39 is 54.4 Å². The fourth-order valence-corrected chi connectivity index (χ4v) is 4.25. The van der Waals surface area contributed by atoms with E-state index in [-0.39, 0.29) is 49.1 Å². The predicted octanol–water partition coefficient (Wildman–Crippen LogP) is 3.19. The first-order valence-electron chi connectivity index (χ1n) is 13.4. The molecule has 0 saturated carbocycles. The van der Waals surface area contributed by atoms with Gasteiger partial charge in [-0.2, -0.15) is 0 Å². The maximum atomic E-state index is 12.7. The van der Waals surface area contributed by atoms with E-state index in [9.17, 15) is 24.0 Å². The summed E-state index contributed by atoms with van der Waals surface area (Å²) in [4.78, 5) is 59.2. The Labute approximate surface area is 246 Å². The van der Waals surface area contributed by atoms with Crippen molar-refractivity contribution in [1.82, 2.24) is 0 Å². The van der Waals surface area contributed by atoms with Crippen molar-refractivity contribution in [2.75, 3.05) is 26.4 Å². The van der Waals surface area contributed by atoms with Crippen molar-refractivity contribution in [2.45, 2.75) is 44.2 Å². The van der Waals surface area contributed by atoms with E-state index in [1.54, 1.807) is 0 Å². The summed E-state index contributed by atoms with van der Waals surface area (Å²) in [5.74, 6) is -1.90. The molecule has 2 saturated heterocycles. The minimum atomic E-state index is -0.917. The summed E-state index contributed by atoms with van der Waals surface area (Å²) in [7, 11) is 0. The molecule has 2 aliphatic heterocycles. The second-order valence-corrected chi connectivity index (χ2v) is 9.41. The minimum absolute atomic E-state index is 0.0772. The number of carbonyl (C=O) groups is 5. The zero-order valence-electron chi connectivity index (χ0n) is 23.3. The molecule has 0 bridgehead atoms. The van der Waals surface area contributed by atoms with Crippen molar-refractivity contribution < 1.29 is 61.9 Å². The molecule has 0 amide bonds. The summed E-state index contributed by atoms with van der Waals surface area (Å²) in [5, 5.41) is 0. The average molecular weight is 599 g/mol. The lowest BCUT2D eigenvalue weighted by atomic mass is 10.1. The fraction of sp³-hybridized carbons (Fsp3) is 0.367. The number of fused-ring (bicyclic) bond motifs is 1. The third-order valence-corrected chi connectivity index (χ3v) is 6.30. The molecule has 4 rings (SSSR count). The van der Waals surface area contributed by atoms with Crippen LogP contribution in [0.3, 0.4) is 0 Å². The van der Waals surface area contributed by atoms with Gasteiger partial charge >= 0.3 is 30.0 Å². The van der Waals surface area contributed by atoms with Crippen LogP contribution in [0.5, 0.6) is 11.5 Å². The molecule has 13 heteroatoms. The Bertz CT molecular complexity index is 1320. The van der Waals surface area contributed by atoms with Gasteiger partial charge in [0.1, 0.15) is 23.7 Å². The monoisotopic (exact) mass is 598 g/mol. The number of rotatable bonds is 12. The van der Waals surface area contributed by atoms with Gasteiger partial charge in [0.2, 0.25) is 0 Å². The van der Waals surface area contributed by atoms with Crippen molar-refractivity contribution in [1.29, 1.82) is 0 Å². The molecule has 2 aliphatic rings. The molecule has 43 heavy (non-hydrogen) atoms. The second kappa shape index (κ2) is 14.9. The van der Waals surface area contributed by atoms with Crippen molar-refractivity contribution in [3.05, 3.63) is 72.3 Å². The summed E-state index contributed by atoms with van der Waals surface area (Å²) < 4.78 is 42.2. The van der Waals surface area contributed by atoms with E-state index in [4.69, 9.17) is 37.9 Å². The highest BCUT2D eigenvalue weighted by Crippen LogP contribution is 2.31. The number of carbonyl (C=O) groups excluding carboxylic acids is 5. The van der Waals surface area contributed by atoms with E-state index in [1.807, 2.05) is 0 Å². The first kappa shape index (κ1) is 31.2. The molecule has 2 fully saturated rings. The zero-order chi connectivity index (χ0) is 30.8. The molecular formula is C30H30O13. The molecule has 0 aromatic heterocycles. The number of ether oxygens (including phenoxy) is 8. The molecule has 2 aromatic carbocycles. The molecule has 13 nitrogen and oxygen atoms in total. The molecule has 0 unspecified atom stereocenters. The molecule has 0 radical (unpaired) electrons. The van der Waals surface area contributed by atoms with Gasteiger partial charge in [-0.25, -0.2) is 19.2 Å². The maximum Gasteiger partial charge on any atom is 0.513 e. The van der Waals surface area contributed by atoms with Crippen LogP contribution >= 0.6 is 0 Å². The van der Waals surface area contributed by atoms with Crippen LogP contribution in [-0.4, -0.2) is 80.9 Å². The standard InChI is InChI=1S/C30H30O13/c1-3-25(32)36-14-4-5-15-37-30(35)42-22-12-8-19(9-13-22)28(33)41-21-10-6-20(7-11-21)29(34)43-24-17-39-26-23(40-18(2)31)16-38-27(24)26/h3,6-13,23-24,26-27H,1,4-5,14-17H2,2H3/t23-,24-,26-,27-/m1/s1. The number of benzene rings is 2. The Morgan fingerprint density at radius 2 is 1.26 bits per heavy atom. The summed E-state index contributed by atoms with van der Waals surface area (Å²) in [6, 6.07) is 11.4. The smallest absolute Gasteiger partial charge is 0.463 e. The highest BCUT2D eigenvalue weighted by Gasteiger charge is 2.51. The van der Waals surface area contributed by atoms with Crippen LogP contribution in [0.4, 0.5) is 4.79 Å². The first-order valence-corrected chi connectivity index (χ1v) is 13.4. The van der Waals surface area contributed by atoms with Gasteiger partial charge in [0, 0.05) is 13.0 Å². The summed E-state index contributed by atoms with van der Waals surface area (Å²) in [6.07, 6.45) is -1.13. The normalized spacial score (nSPS) is 20.3. The van der Waals surface area contributed by atoms with Gasteiger partial charge in [-0.1, -0.05) is 6.58 Å². The third kappa shape index (κ3) is 8.87. The van der Waals surface area contributed by atoms with Gasteiger partial charge < -0.3 is 37.9 Å². The average Bonchev–Trinajstić information content (AvgIpc) is 3.58. The van der Waals surface area contributed by atoms with Crippen molar-refractivity contribution >= 4 is 30.0 Å². The van der Waals surface area contributed by atoms with Crippen molar-refractivity contribution in [3.63, 3.8) is 0 Å². The lowest BCUT2D eigenvalue weighted by molar-refractivity contribution is -0.151. The van der Waals surface area contributed by atoms with Gasteiger partial charge in [-0.05, 0) is 61.4 Å². The second-order valence-electron chi connectivity index (χ2n) is 9.41. The topological polar surface area (TPSA) is 159 Å². The van der Waals surface area contributed by atoms with Crippen molar-refractivity contribution in [3.8, 4) is 11.5 Å². The van der Waals surface area contributed by atoms with Crippen LogP contribution in [0.25, 0.3) is 0 Å². The first-order chi connectivity index (χ1) is 20.7. The quantitative estimate of drug-likeness (QED) is 0.0876. The number of hydrogen-bond donors (Lipinski definition) is 0. The SMILES string of the molecule is C=CC(=O)OCCCCOC(=O)Oc1ccc(C(=O)Oc2ccc(C(=O)O[C@@H]3CO[C@H]4[C@@H]3OC[C@H]4OC(C)=O)cc2)cc1. The molecule has 4 atom stereocenters. The lowest BCUT2D eigenvalue weighted by Gasteiger charge is -2.17. The van der Waals surface area contributed by atoms with Gasteiger partial charge in [0.15, 0.2) is 12.2 Å². The van der Waals surface area contributed by atoms with E-state index in [0.29, 0.717) is 12.8 Å². The van der Waals surface area contributed by atoms with E-state index in [2.05, 4.69) is 6.58 Å². The Balaban J connectivity index is 1.19. The maximum absolute atomic E-state index is 12.7. The molecule has 228 valence electrons. The van der Waals surface area contributed by atoms with Gasteiger partial charge in [-0.3, -0.25) is 4.79 Å². The van der Waals surface area contributed by atoms with E-state index >= 15 is 0 Å². The molecule has 0 aliphatic carbocycles. The number of hydrogen-bond acceptors (Lipinski definition) is 13. The van der Waals surface area contributed by atoms with Crippen LogP contribution in [-0.2, 0) is 38.0 Å². The van der Waals surface area contributed by atoms with Crippen LogP contribution in [0.15, 0.2) is 61.2 Å². The predicted molar refractivity (Wildman–Crippen MR) is 144 cm³/mol. The largest absolute Gasteiger partial charge is 0.513 e. The van der Waals surface area contributed by atoms with E-state index in [1.165, 1.54) is 55.5 Å². The van der Waals surface area contributed by atoms with Crippen molar-refractivity contribution in [2.24, 2.45) is 0 Å². The van der Waals surface area contributed by atoms with E-state index in [0.717, 1.165) is 6.08 Å². The Morgan fingerprint density at radius 1 is 0.744 bits per heavy atom. The van der Waals surface area contributed by atoms with Gasteiger partial charge in [0.05, 0.1) is 37.6 Å². The molecule has 0 spiro atoms. The lowest BCUT2D eigenvalue weighted by Crippen LogP contribution is -2.35. The van der Waals surface area contributed by atoms with Gasteiger partial charge in [-0.15, -0.1) is 0 Å². The summed E-state index contributed by atoms with van der Waals surface area (Å²) in [5.41, 5.74) is 0.417.